The second-order valence-electron chi connectivity index (χ2n) is 19.2. The van der Waals surface area contributed by atoms with Crippen LogP contribution in [0.25, 0.3) is 0 Å². The number of allylic oxidation sites excluding steroid dienone is 12. The number of hydrogen-bond acceptors (Lipinski definition) is 4. The fraction of sp³-hybridized carbons (Fsp3) is 0.309. The largest absolute Gasteiger partial charge is 0.362 e. The predicted octanol–water partition coefficient (Wildman–Crippen LogP) is 10.6. The molecule has 1 saturated carbocycles. The van der Waals surface area contributed by atoms with E-state index >= 15 is 0 Å². The van der Waals surface area contributed by atoms with Crippen LogP contribution in [-0.4, -0.2) is 42.5 Å². The van der Waals surface area contributed by atoms with Crippen LogP contribution >= 0.6 is 0 Å². The van der Waals surface area contributed by atoms with Gasteiger partial charge in [-0.05, 0) is 117 Å². The molecular formula is C55H54B2N4. The van der Waals surface area contributed by atoms with E-state index in [9.17, 15) is 0 Å². The average molecular weight is 793 g/mol. The van der Waals surface area contributed by atoms with Crippen molar-refractivity contribution in [2.24, 2.45) is 5.92 Å². The first-order valence-corrected chi connectivity index (χ1v) is 23.6. The molecule has 6 aliphatic carbocycles. The monoisotopic (exact) mass is 792 g/mol. The number of hydrogen-bond donors (Lipinski definition) is 0. The molecule has 4 aliphatic heterocycles. The van der Waals surface area contributed by atoms with Crippen molar-refractivity contribution in [3.8, 4) is 0 Å². The van der Waals surface area contributed by atoms with Crippen molar-refractivity contribution in [3.63, 3.8) is 0 Å². The van der Waals surface area contributed by atoms with Gasteiger partial charge < -0.3 is 19.6 Å². The van der Waals surface area contributed by atoms with Crippen LogP contribution in [0.2, 0.25) is 5.82 Å². The zero-order valence-corrected chi connectivity index (χ0v) is 35.4. The topological polar surface area (TPSA) is 13.0 Å². The Balaban J connectivity index is 1.09. The molecule has 4 heterocycles. The number of nitrogens with zero attached hydrogens (tertiary/aromatic N) is 4. The summed E-state index contributed by atoms with van der Waals surface area (Å²) in [7, 11) is 0. The molecule has 6 unspecified atom stereocenters. The molecule has 61 heavy (non-hydrogen) atoms. The van der Waals surface area contributed by atoms with E-state index in [0.717, 1.165) is 38.5 Å². The van der Waals surface area contributed by atoms with Crippen molar-refractivity contribution < 1.29 is 0 Å². The molecule has 0 radical (unpaired) electrons. The van der Waals surface area contributed by atoms with Gasteiger partial charge in [0.2, 0.25) is 13.4 Å². The summed E-state index contributed by atoms with van der Waals surface area (Å²) in [6, 6.07) is 25.4. The normalized spacial score (nSPS) is 28.7. The van der Waals surface area contributed by atoms with E-state index in [4.69, 9.17) is 0 Å². The first-order valence-electron chi connectivity index (χ1n) is 23.6. The minimum atomic E-state index is 0.193. The van der Waals surface area contributed by atoms with E-state index in [0.29, 0.717) is 30.5 Å². The smallest absolute Gasteiger partial charge is 0.247 e. The Bertz CT molecular complexity index is 2650. The Kier molecular flexibility index (Phi) is 8.42. The third-order valence-corrected chi connectivity index (χ3v) is 16.1. The van der Waals surface area contributed by atoms with E-state index < -0.39 is 0 Å². The van der Waals surface area contributed by atoms with Gasteiger partial charge in [0.1, 0.15) is 0 Å². The van der Waals surface area contributed by atoms with Gasteiger partial charge in [0.05, 0.1) is 12.1 Å². The van der Waals surface area contributed by atoms with E-state index in [1.165, 1.54) is 87.6 Å². The lowest BCUT2D eigenvalue weighted by molar-refractivity contribution is 0.303. The number of benzene rings is 3. The fourth-order valence-electron chi connectivity index (χ4n) is 13.6. The molecule has 3 aromatic carbocycles. The van der Waals surface area contributed by atoms with E-state index in [1.807, 2.05) is 0 Å². The molecule has 0 spiro atoms. The average Bonchev–Trinajstić information content (AvgIpc) is 3.32. The highest BCUT2D eigenvalue weighted by Gasteiger charge is 2.55. The lowest BCUT2D eigenvalue weighted by Crippen LogP contribution is -2.66. The Hall–Kier alpha value is -5.61. The van der Waals surface area contributed by atoms with Gasteiger partial charge in [0, 0.05) is 63.4 Å². The molecule has 0 bridgehead atoms. The maximum absolute atomic E-state index is 2.93. The predicted molar refractivity (Wildman–Crippen MR) is 259 cm³/mol. The van der Waals surface area contributed by atoms with Gasteiger partial charge in [0.25, 0.3) is 0 Å². The lowest BCUT2D eigenvalue weighted by atomic mass is 9.26. The molecule has 10 aliphatic rings. The Morgan fingerprint density at radius 1 is 0.672 bits per heavy atom. The summed E-state index contributed by atoms with van der Waals surface area (Å²) in [4.78, 5) is 11.1. The van der Waals surface area contributed by atoms with Crippen molar-refractivity contribution in [2.75, 3.05) is 14.7 Å². The van der Waals surface area contributed by atoms with Crippen LogP contribution in [-0.2, 0) is 0 Å². The van der Waals surface area contributed by atoms with Crippen LogP contribution in [0.3, 0.4) is 0 Å². The van der Waals surface area contributed by atoms with E-state index in [2.05, 4.69) is 178 Å². The van der Waals surface area contributed by atoms with Crippen LogP contribution in [0.5, 0.6) is 0 Å². The van der Waals surface area contributed by atoms with Crippen molar-refractivity contribution in [1.29, 1.82) is 0 Å². The number of para-hydroxylation sites is 1. The molecule has 0 saturated heterocycles. The number of anilines is 5. The lowest BCUT2D eigenvalue weighted by Gasteiger charge is -2.56. The van der Waals surface area contributed by atoms with Gasteiger partial charge in [-0.2, -0.15) is 0 Å². The third kappa shape index (κ3) is 5.33. The molecule has 4 nitrogen and oxygen atoms in total. The van der Waals surface area contributed by atoms with Gasteiger partial charge in [0.15, 0.2) is 0 Å². The van der Waals surface area contributed by atoms with E-state index in [-0.39, 0.29) is 18.8 Å². The summed E-state index contributed by atoms with van der Waals surface area (Å²) in [5.74, 6) is 0.987. The molecule has 3 aromatic rings. The van der Waals surface area contributed by atoms with Crippen molar-refractivity contribution >= 4 is 58.3 Å². The third-order valence-electron chi connectivity index (χ3n) is 16.1. The maximum atomic E-state index is 2.93. The van der Waals surface area contributed by atoms with Crippen LogP contribution in [0.15, 0.2) is 180 Å². The standard InChI is InChI=1S/C55H54B2N4/c1-37-19-11-14-28-45(37)61-47-30-16-13-27-42(47)57-44-35-43-52(36-53(44)60(40-24-9-4-10-25-40)50-33-18-34-51(61)55(50)57)59(39-22-7-3-8-23-39)49-32-17-31-48-54(49)56(43)41-26-12-15-29-46(41)58(48)38-20-5-2-6-21-38/h3-5,7-10,13,15-18,20-22,24-25,27,29,31-37,39,45,47,49,54H,2,6,11-12,14,19,23,26,28,30H2,1H3. The number of rotatable bonds is 4. The van der Waals surface area contributed by atoms with E-state index in [1.54, 1.807) is 10.9 Å². The van der Waals surface area contributed by atoms with Crippen LogP contribution in [0.4, 0.5) is 28.4 Å². The highest BCUT2D eigenvalue weighted by Crippen LogP contribution is 2.54. The SMILES string of the molecule is CC1CCCCC1N1c2cccc3c2B(C2=CC=CCC21)c1cc2c(cc1N3c1ccccc1)N(C1C=CC=CC1)C1C=CC=C3C1B2C1=C(C=CCC1)N3C1=CCCC=C1. The molecule has 0 amide bonds. The highest BCUT2D eigenvalue weighted by atomic mass is 15.2. The Labute approximate surface area is 363 Å². The molecular weight excluding hydrogens is 738 g/mol. The molecule has 0 aromatic heterocycles. The van der Waals surface area contributed by atoms with Crippen molar-refractivity contribution in [1.82, 2.24) is 4.90 Å². The van der Waals surface area contributed by atoms with Gasteiger partial charge in [-0.1, -0.05) is 139 Å². The molecule has 0 N–H and O–H groups in total. The first-order chi connectivity index (χ1) is 30.2. The summed E-state index contributed by atoms with van der Waals surface area (Å²) >= 11 is 0. The Morgan fingerprint density at radius 2 is 1.56 bits per heavy atom. The zero-order valence-electron chi connectivity index (χ0n) is 35.4. The quantitative estimate of drug-likeness (QED) is 0.244. The minimum Gasteiger partial charge on any atom is -0.362 e. The zero-order chi connectivity index (χ0) is 40.2. The molecule has 6 atom stereocenters. The van der Waals surface area contributed by atoms with Crippen LogP contribution < -0.4 is 31.1 Å². The highest BCUT2D eigenvalue weighted by molar-refractivity contribution is 6.96. The van der Waals surface area contributed by atoms with Crippen LogP contribution in [0.1, 0.15) is 71.1 Å². The fourth-order valence-corrected chi connectivity index (χ4v) is 13.6. The van der Waals surface area contributed by atoms with Crippen molar-refractivity contribution in [2.45, 2.75) is 101 Å². The summed E-state index contributed by atoms with van der Waals surface area (Å²) in [6.45, 7) is 3.02. The summed E-state index contributed by atoms with van der Waals surface area (Å²) in [5.41, 5.74) is 18.8. The molecule has 6 heteroatoms. The van der Waals surface area contributed by atoms with Crippen LogP contribution in [0, 0.1) is 5.92 Å². The Morgan fingerprint density at radius 3 is 2.43 bits per heavy atom. The molecule has 13 rings (SSSR count). The van der Waals surface area contributed by atoms with Crippen molar-refractivity contribution in [3.05, 3.63) is 180 Å². The summed E-state index contributed by atoms with van der Waals surface area (Å²) < 4.78 is 0. The van der Waals surface area contributed by atoms with Gasteiger partial charge in [-0.15, -0.1) is 0 Å². The molecule has 300 valence electrons. The summed E-state index contributed by atoms with van der Waals surface area (Å²) in [5, 5.41) is 0. The second-order valence-corrected chi connectivity index (χ2v) is 19.2. The second kappa shape index (κ2) is 14.2. The molecule has 1 fully saturated rings. The van der Waals surface area contributed by atoms with Gasteiger partial charge >= 0.3 is 0 Å². The summed E-state index contributed by atoms with van der Waals surface area (Å²) in [6.07, 6.45) is 48.1. The maximum Gasteiger partial charge on any atom is 0.247 e. The minimum absolute atomic E-state index is 0.193. The van der Waals surface area contributed by atoms with Gasteiger partial charge in [-0.3, -0.25) is 0 Å². The number of fused-ring (bicyclic) bond motifs is 7. The first kappa shape index (κ1) is 36.1. The van der Waals surface area contributed by atoms with Gasteiger partial charge in [-0.25, -0.2) is 0 Å².